The lowest BCUT2D eigenvalue weighted by Gasteiger charge is -2.26. The number of benzene rings is 2. The van der Waals surface area contributed by atoms with Crippen molar-refractivity contribution < 1.29 is 22.0 Å². The third-order valence-electron chi connectivity index (χ3n) is 5.58. The standard InChI is InChI=1S/C25H31FN4O4S/c1-15(2)33-18-8-6-16(7-9-18)12-30-13-17(27)14-35(31,32)22-11-20(26)19(10-21(22)30)23-28-29-24(34-23)25(3,4)5/h6-11,15,17H,12-14,27H2,1-5H3/t17-/m1/s1. The van der Waals surface area contributed by atoms with Gasteiger partial charge in [-0.25, -0.2) is 12.8 Å². The van der Waals surface area contributed by atoms with E-state index in [-0.39, 0.29) is 34.8 Å². The third kappa shape index (κ3) is 5.48. The first-order chi connectivity index (χ1) is 16.3. The van der Waals surface area contributed by atoms with Crippen molar-refractivity contribution >= 4 is 15.5 Å². The first kappa shape index (κ1) is 25.1. The zero-order chi connectivity index (χ0) is 25.5. The molecule has 3 aromatic rings. The zero-order valence-electron chi connectivity index (χ0n) is 20.6. The van der Waals surface area contributed by atoms with Crippen LogP contribution in [0.3, 0.4) is 0 Å². The van der Waals surface area contributed by atoms with E-state index >= 15 is 4.39 Å². The van der Waals surface area contributed by atoms with Crippen LogP contribution in [0.1, 0.15) is 46.1 Å². The Morgan fingerprint density at radius 3 is 2.49 bits per heavy atom. The summed E-state index contributed by atoms with van der Waals surface area (Å²) in [6, 6.07) is 9.43. The topological polar surface area (TPSA) is 112 Å². The van der Waals surface area contributed by atoms with Crippen molar-refractivity contribution in [2.45, 2.75) is 63.6 Å². The van der Waals surface area contributed by atoms with Crippen LogP contribution in [-0.2, 0) is 21.8 Å². The lowest BCUT2D eigenvalue weighted by molar-refractivity contribution is 0.242. The van der Waals surface area contributed by atoms with Gasteiger partial charge >= 0.3 is 0 Å². The molecule has 0 fully saturated rings. The van der Waals surface area contributed by atoms with Crippen LogP contribution in [0, 0.1) is 5.82 Å². The molecule has 0 aliphatic carbocycles. The molecule has 10 heteroatoms. The molecule has 1 aromatic heterocycles. The summed E-state index contributed by atoms with van der Waals surface area (Å²) >= 11 is 0. The first-order valence-corrected chi connectivity index (χ1v) is 13.2. The van der Waals surface area contributed by atoms with Crippen LogP contribution < -0.4 is 15.4 Å². The minimum Gasteiger partial charge on any atom is -0.491 e. The Morgan fingerprint density at radius 1 is 1.20 bits per heavy atom. The molecular formula is C25H31FN4O4S. The summed E-state index contributed by atoms with van der Waals surface area (Å²) in [6.45, 7) is 10.3. The molecular weight excluding hydrogens is 471 g/mol. The van der Waals surface area contributed by atoms with Gasteiger partial charge in [0, 0.05) is 24.5 Å². The van der Waals surface area contributed by atoms with Crippen molar-refractivity contribution in [3.8, 4) is 17.2 Å². The first-order valence-electron chi connectivity index (χ1n) is 11.5. The Bertz CT molecular complexity index is 1310. The third-order valence-corrected chi connectivity index (χ3v) is 7.44. The number of nitrogens with zero attached hydrogens (tertiary/aromatic N) is 3. The molecule has 0 amide bonds. The van der Waals surface area contributed by atoms with Gasteiger partial charge in [-0.2, -0.15) is 0 Å². The second kappa shape index (κ2) is 9.23. The number of halogens is 1. The fourth-order valence-corrected chi connectivity index (χ4v) is 5.60. The van der Waals surface area contributed by atoms with Crippen molar-refractivity contribution in [2.24, 2.45) is 5.73 Å². The maximum absolute atomic E-state index is 15.2. The molecule has 0 saturated carbocycles. The summed E-state index contributed by atoms with van der Waals surface area (Å²) < 4.78 is 52.7. The van der Waals surface area contributed by atoms with Crippen molar-refractivity contribution in [2.75, 3.05) is 17.2 Å². The summed E-state index contributed by atoms with van der Waals surface area (Å²) in [6.07, 6.45) is 0.0540. The number of ether oxygens (including phenoxy) is 1. The van der Waals surface area contributed by atoms with Crippen LogP contribution in [-0.4, -0.2) is 43.1 Å². The molecule has 0 unspecified atom stereocenters. The maximum Gasteiger partial charge on any atom is 0.250 e. The lowest BCUT2D eigenvalue weighted by Crippen LogP contribution is -2.39. The normalized spacial score (nSPS) is 17.8. The molecule has 35 heavy (non-hydrogen) atoms. The van der Waals surface area contributed by atoms with Gasteiger partial charge in [-0.15, -0.1) is 10.2 Å². The Hall–Kier alpha value is -2.98. The van der Waals surface area contributed by atoms with E-state index in [1.165, 1.54) is 6.07 Å². The molecule has 0 bridgehead atoms. The minimum absolute atomic E-state index is 0.00342. The predicted molar refractivity (Wildman–Crippen MR) is 132 cm³/mol. The fraction of sp³-hybridized carbons (Fsp3) is 0.440. The zero-order valence-corrected chi connectivity index (χ0v) is 21.4. The lowest BCUT2D eigenvalue weighted by atomic mass is 9.97. The van der Waals surface area contributed by atoms with Gasteiger partial charge in [0.2, 0.25) is 5.89 Å². The van der Waals surface area contributed by atoms with Gasteiger partial charge in [-0.3, -0.25) is 0 Å². The number of nitrogens with two attached hydrogens (primary N) is 1. The van der Waals surface area contributed by atoms with E-state index in [1.54, 1.807) is 0 Å². The molecule has 8 nitrogen and oxygen atoms in total. The summed E-state index contributed by atoms with van der Waals surface area (Å²) in [7, 11) is -3.81. The van der Waals surface area contributed by atoms with E-state index in [0.717, 1.165) is 17.4 Å². The number of rotatable bonds is 5. The van der Waals surface area contributed by atoms with Gasteiger partial charge in [-0.1, -0.05) is 32.9 Å². The van der Waals surface area contributed by atoms with Gasteiger partial charge in [0.25, 0.3) is 5.89 Å². The molecule has 0 saturated heterocycles. The molecule has 1 atom stereocenters. The number of anilines is 1. The highest BCUT2D eigenvalue weighted by atomic mass is 32.2. The van der Waals surface area contributed by atoms with Gasteiger partial charge in [0.1, 0.15) is 11.6 Å². The quantitative estimate of drug-likeness (QED) is 0.556. The maximum atomic E-state index is 15.2. The van der Waals surface area contributed by atoms with Crippen LogP contribution in [0.25, 0.3) is 11.5 Å². The van der Waals surface area contributed by atoms with E-state index in [4.69, 9.17) is 14.9 Å². The van der Waals surface area contributed by atoms with E-state index in [0.29, 0.717) is 18.1 Å². The van der Waals surface area contributed by atoms with Gasteiger partial charge in [0.15, 0.2) is 9.84 Å². The number of hydrogen-bond donors (Lipinski definition) is 1. The number of fused-ring (bicyclic) bond motifs is 1. The van der Waals surface area contributed by atoms with Crippen LogP contribution in [0.15, 0.2) is 45.7 Å². The smallest absolute Gasteiger partial charge is 0.250 e. The van der Waals surface area contributed by atoms with E-state index < -0.39 is 27.1 Å². The Labute approximate surface area is 205 Å². The van der Waals surface area contributed by atoms with Gasteiger partial charge in [-0.05, 0) is 43.7 Å². The number of hydrogen-bond acceptors (Lipinski definition) is 8. The highest BCUT2D eigenvalue weighted by Crippen LogP contribution is 2.37. The summed E-state index contributed by atoms with van der Waals surface area (Å²) in [5.74, 6) is 0.0793. The Balaban J connectivity index is 1.77. The largest absolute Gasteiger partial charge is 0.491 e. The highest BCUT2D eigenvalue weighted by molar-refractivity contribution is 7.91. The summed E-state index contributed by atoms with van der Waals surface area (Å²) in [4.78, 5) is 1.76. The van der Waals surface area contributed by atoms with Crippen LogP contribution in [0.5, 0.6) is 5.75 Å². The van der Waals surface area contributed by atoms with Crippen molar-refractivity contribution in [1.29, 1.82) is 0 Å². The second-order valence-electron chi connectivity index (χ2n) is 10.2. The van der Waals surface area contributed by atoms with Crippen LogP contribution >= 0.6 is 0 Å². The van der Waals surface area contributed by atoms with Gasteiger partial charge < -0.3 is 19.8 Å². The van der Waals surface area contributed by atoms with Gasteiger partial charge in [0.05, 0.1) is 28.0 Å². The average Bonchev–Trinajstić information content (AvgIpc) is 3.21. The van der Waals surface area contributed by atoms with E-state index in [9.17, 15) is 8.42 Å². The Kier molecular flexibility index (Phi) is 6.63. The van der Waals surface area contributed by atoms with Crippen LogP contribution in [0.2, 0.25) is 0 Å². The summed E-state index contributed by atoms with van der Waals surface area (Å²) in [5.41, 5.74) is 7.09. The van der Waals surface area contributed by atoms with Crippen LogP contribution in [0.4, 0.5) is 10.1 Å². The Morgan fingerprint density at radius 2 is 1.89 bits per heavy atom. The van der Waals surface area contributed by atoms with Crippen molar-refractivity contribution in [3.05, 3.63) is 53.7 Å². The van der Waals surface area contributed by atoms with Crippen molar-refractivity contribution in [1.82, 2.24) is 10.2 Å². The minimum atomic E-state index is -3.81. The van der Waals surface area contributed by atoms with E-state index in [1.807, 2.05) is 63.8 Å². The monoisotopic (exact) mass is 502 g/mol. The molecule has 0 spiro atoms. The molecule has 2 heterocycles. The number of aromatic nitrogens is 2. The molecule has 1 aliphatic rings. The molecule has 2 aromatic carbocycles. The molecule has 188 valence electrons. The fourth-order valence-electron chi connectivity index (χ4n) is 3.96. The highest BCUT2D eigenvalue weighted by Gasteiger charge is 2.33. The average molecular weight is 503 g/mol. The molecule has 4 rings (SSSR count). The summed E-state index contributed by atoms with van der Waals surface area (Å²) in [5, 5.41) is 8.06. The predicted octanol–water partition coefficient (Wildman–Crippen LogP) is 4.08. The molecule has 2 N–H and O–H groups in total. The molecule has 0 radical (unpaired) electrons. The SMILES string of the molecule is CC(C)Oc1ccc(CN2C[C@@H](N)CS(=O)(=O)c3cc(F)c(-c4nnc(C(C)(C)C)o4)cc32)cc1. The number of sulfone groups is 1. The van der Waals surface area contributed by atoms with Crippen molar-refractivity contribution in [3.63, 3.8) is 0 Å². The van der Waals surface area contributed by atoms with E-state index in [2.05, 4.69) is 10.2 Å². The second-order valence-corrected chi connectivity index (χ2v) is 12.2. The molecule has 1 aliphatic heterocycles.